The van der Waals surface area contributed by atoms with E-state index in [4.69, 9.17) is 0 Å². The Bertz CT molecular complexity index is 891. The second kappa shape index (κ2) is 6.98. The first-order chi connectivity index (χ1) is 11.5. The molecule has 3 aromatic rings. The molecule has 2 aromatic carbocycles. The van der Waals surface area contributed by atoms with Crippen molar-refractivity contribution in [3.63, 3.8) is 0 Å². The smallest absolute Gasteiger partial charge is 0.216 e. The van der Waals surface area contributed by atoms with Crippen LogP contribution in [0, 0.1) is 0 Å². The number of sulfonamides is 1. The maximum atomic E-state index is 12.4. The number of hydrogen-bond donors (Lipinski definition) is 1. The van der Waals surface area contributed by atoms with Gasteiger partial charge in [0, 0.05) is 18.4 Å². The summed E-state index contributed by atoms with van der Waals surface area (Å²) in [5.74, 6) is -0.0307. The third-order valence-electron chi connectivity index (χ3n) is 3.70. The molecule has 1 unspecified atom stereocenters. The molecule has 0 saturated carbocycles. The van der Waals surface area contributed by atoms with Crippen LogP contribution in [0.3, 0.4) is 0 Å². The summed E-state index contributed by atoms with van der Waals surface area (Å²) in [4.78, 5) is 0. The quantitative estimate of drug-likeness (QED) is 0.749. The molecule has 3 rings (SSSR count). The summed E-state index contributed by atoms with van der Waals surface area (Å²) in [5, 5.41) is 4.20. The van der Waals surface area contributed by atoms with Gasteiger partial charge in [0.2, 0.25) is 10.0 Å². The summed E-state index contributed by atoms with van der Waals surface area (Å²) in [5.41, 5.74) is 2.55. The van der Waals surface area contributed by atoms with Crippen molar-refractivity contribution in [2.45, 2.75) is 18.7 Å². The molecule has 5 nitrogen and oxygen atoms in total. The number of nitrogens with one attached hydrogen (secondary N) is 1. The lowest BCUT2D eigenvalue weighted by atomic mass is 10.1. The maximum absolute atomic E-state index is 12.4. The SMILES string of the molecule is CC(NS(=O)(=O)Cc1ccccc1)c1cccc(-n2cccn2)c1. The zero-order chi connectivity index (χ0) is 17.0. The summed E-state index contributed by atoms with van der Waals surface area (Å²) in [6, 6.07) is 18.3. The highest BCUT2D eigenvalue weighted by Crippen LogP contribution is 2.18. The molecule has 0 saturated heterocycles. The normalized spacial score (nSPS) is 12.9. The zero-order valence-electron chi connectivity index (χ0n) is 13.3. The van der Waals surface area contributed by atoms with Crippen LogP contribution in [0.15, 0.2) is 73.1 Å². The number of hydrogen-bond acceptors (Lipinski definition) is 3. The lowest BCUT2D eigenvalue weighted by molar-refractivity contribution is 0.566. The van der Waals surface area contributed by atoms with Gasteiger partial charge in [-0.15, -0.1) is 0 Å². The Kier molecular flexibility index (Phi) is 4.78. The molecule has 0 aliphatic heterocycles. The average molecular weight is 341 g/mol. The van der Waals surface area contributed by atoms with Gasteiger partial charge in [-0.3, -0.25) is 0 Å². The van der Waals surface area contributed by atoms with Gasteiger partial charge in [-0.1, -0.05) is 42.5 Å². The molecule has 0 aliphatic carbocycles. The third kappa shape index (κ3) is 4.10. The van der Waals surface area contributed by atoms with Gasteiger partial charge in [-0.2, -0.15) is 5.10 Å². The second-order valence-corrected chi connectivity index (χ2v) is 7.38. The van der Waals surface area contributed by atoms with Crippen molar-refractivity contribution in [2.75, 3.05) is 0 Å². The van der Waals surface area contributed by atoms with Crippen LogP contribution < -0.4 is 4.72 Å². The van der Waals surface area contributed by atoms with Crippen molar-refractivity contribution in [1.82, 2.24) is 14.5 Å². The van der Waals surface area contributed by atoms with E-state index < -0.39 is 10.0 Å². The van der Waals surface area contributed by atoms with E-state index >= 15 is 0 Å². The van der Waals surface area contributed by atoms with Gasteiger partial charge in [-0.05, 0) is 36.2 Å². The molecule has 1 aromatic heterocycles. The van der Waals surface area contributed by atoms with Crippen molar-refractivity contribution >= 4 is 10.0 Å². The summed E-state index contributed by atoms with van der Waals surface area (Å²) in [7, 11) is -3.42. The molecule has 0 spiro atoms. The Hall–Kier alpha value is -2.44. The first-order valence-electron chi connectivity index (χ1n) is 7.67. The summed E-state index contributed by atoms with van der Waals surface area (Å²) in [6.07, 6.45) is 3.56. The van der Waals surface area contributed by atoms with Crippen LogP contribution in [-0.4, -0.2) is 18.2 Å². The van der Waals surface area contributed by atoms with Crippen LogP contribution in [-0.2, 0) is 15.8 Å². The highest BCUT2D eigenvalue weighted by atomic mass is 32.2. The van der Waals surface area contributed by atoms with Gasteiger partial charge < -0.3 is 0 Å². The van der Waals surface area contributed by atoms with E-state index in [1.165, 1.54) is 0 Å². The molecule has 0 aliphatic rings. The monoisotopic (exact) mass is 341 g/mol. The third-order valence-corrected chi connectivity index (χ3v) is 5.12. The van der Waals surface area contributed by atoms with Crippen molar-refractivity contribution in [2.24, 2.45) is 0 Å². The standard InChI is InChI=1S/C18H19N3O2S/c1-15(20-24(22,23)14-16-7-3-2-4-8-16)17-9-5-10-18(13-17)21-12-6-11-19-21/h2-13,15,20H,14H2,1H3. The molecular weight excluding hydrogens is 322 g/mol. The van der Waals surface area contributed by atoms with Crippen molar-refractivity contribution in [3.05, 3.63) is 84.2 Å². The summed E-state index contributed by atoms with van der Waals surface area (Å²) < 4.78 is 29.2. The number of nitrogens with zero attached hydrogens (tertiary/aromatic N) is 2. The predicted molar refractivity (Wildman–Crippen MR) is 94.2 cm³/mol. The van der Waals surface area contributed by atoms with E-state index in [-0.39, 0.29) is 11.8 Å². The molecule has 24 heavy (non-hydrogen) atoms. The fourth-order valence-electron chi connectivity index (χ4n) is 2.53. The Morgan fingerprint density at radius 3 is 2.58 bits per heavy atom. The second-order valence-electron chi connectivity index (χ2n) is 5.63. The van der Waals surface area contributed by atoms with Crippen LogP contribution in [0.2, 0.25) is 0 Å². The van der Waals surface area contributed by atoms with Gasteiger partial charge in [0.25, 0.3) is 0 Å². The van der Waals surface area contributed by atoms with E-state index in [1.807, 2.05) is 73.8 Å². The van der Waals surface area contributed by atoms with Crippen LogP contribution in [0.5, 0.6) is 0 Å². The maximum Gasteiger partial charge on any atom is 0.216 e. The van der Waals surface area contributed by atoms with Crippen LogP contribution in [0.4, 0.5) is 0 Å². The van der Waals surface area contributed by atoms with Crippen molar-refractivity contribution in [3.8, 4) is 5.69 Å². The Morgan fingerprint density at radius 2 is 1.88 bits per heavy atom. The van der Waals surface area contributed by atoms with Crippen LogP contribution in [0.25, 0.3) is 5.69 Å². The van der Waals surface area contributed by atoms with Crippen LogP contribution in [0.1, 0.15) is 24.1 Å². The first-order valence-corrected chi connectivity index (χ1v) is 9.33. The molecule has 0 amide bonds. The molecule has 1 heterocycles. The van der Waals surface area contributed by atoms with E-state index in [0.717, 1.165) is 16.8 Å². The minimum atomic E-state index is -3.42. The molecule has 0 bridgehead atoms. The van der Waals surface area contributed by atoms with Crippen molar-refractivity contribution < 1.29 is 8.42 Å². The van der Waals surface area contributed by atoms with E-state index in [0.29, 0.717) is 0 Å². The fourth-order valence-corrected chi connectivity index (χ4v) is 3.92. The largest absolute Gasteiger partial charge is 0.241 e. The number of aromatic nitrogens is 2. The molecule has 1 atom stereocenters. The molecule has 0 fully saturated rings. The Morgan fingerprint density at radius 1 is 1.08 bits per heavy atom. The number of benzene rings is 2. The lowest BCUT2D eigenvalue weighted by Crippen LogP contribution is -2.28. The van der Waals surface area contributed by atoms with Gasteiger partial charge in [-0.25, -0.2) is 17.8 Å². The summed E-state index contributed by atoms with van der Waals surface area (Å²) in [6.45, 7) is 1.84. The van der Waals surface area contributed by atoms with Gasteiger partial charge in [0.15, 0.2) is 0 Å². The van der Waals surface area contributed by atoms with Gasteiger partial charge in [0.05, 0.1) is 11.4 Å². The number of rotatable bonds is 6. The molecule has 0 radical (unpaired) electrons. The fraction of sp³-hybridized carbons (Fsp3) is 0.167. The average Bonchev–Trinajstić information content (AvgIpc) is 3.09. The Balaban J connectivity index is 1.75. The first kappa shape index (κ1) is 16.4. The van der Waals surface area contributed by atoms with Crippen LogP contribution >= 0.6 is 0 Å². The molecular formula is C18H19N3O2S. The highest BCUT2D eigenvalue weighted by molar-refractivity contribution is 7.88. The lowest BCUT2D eigenvalue weighted by Gasteiger charge is -2.16. The van der Waals surface area contributed by atoms with E-state index in [2.05, 4.69) is 9.82 Å². The predicted octanol–water partition coefficient (Wildman–Crippen LogP) is 3.05. The molecule has 124 valence electrons. The zero-order valence-corrected chi connectivity index (χ0v) is 14.1. The topological polar surface area (TPSA) is 64.0 Å². The molecule has 6 heteroatoms. The van der Waals surface area contributed by atoms with E-state index in [1.54, 1.807) is 10.9 Å². The highest BCUT2D eigenvalue weighted by Gasteiger charge is 2.17. The molecule has 1 N–H and O–H groups in total. The van der Waals surface area contributed by atoms with E-state index in [9.17, 15) is 8.42 Å². The minimum Gasteiger partial charge on any atom is -0.241 e. The Labute approximate surface area is 142 Å². The minimum absolute atomic E-state index is 0.0307. The summed E-state index contributed by atoms with van der Waals surface area (Å²) >= 11 is 0. The van der Waals surface area contributed by atoms with Crippen molar-refractivity contribution in [1.29, 1.82) is 0 Å². The van der Waals surface area contributed by atoms with Gasteiger partial charge >= 0.3 is 0 Å². The van der Waals surface area contributed by atoms with Gasteiger partial charge in [0.1, 0.15) is 0 Å².